The van der Waals surface area contributed by atoms with Gasteiger partial charge in [0.15, 0.2) is 18.2 Å². The number of ether oxygens (including phenoxy) is 3. The van der Waals surface area contributed by atoms with Gasteiger partial charge >= 0.3 is 5.97 Å². The van der Waals surface area contributed by atoms with Gasteiger partial charge < -0.3 is 18.8 Å². The number of hydrogen-bond donors (Lipinski definition) is 0. The summed E-state index contributed by atoms with van der Waals surface area (Å²) in [7, 11) is 0. The molecule has 0 saturated carbocycles. The Bertz CT molecular complexity index is 1560. The average Bonchev–Trinajstić information content (AvgIpc) is 3.41. The van der Waals surface area contributed by atoms with E-state index in [2.05, 4.69) is 29.7 Å². The van der Waals surface area contributed by atoms with Crippen molar-refractivity contribution in [2.75, 3.05) is 13.2 Å². The highest BCUT2D eigenvalue weighted by Gasteiger charge is 2.33. The first-order valence-corrected chi connectivity index (χ1v) is 12.9. The van der Waals surface area contributed by atoms with Crippen LogP contribution in [-0.2, 0) is 21.7 Å². The van der Waals surface area contributed by atoms with Crippen molar-refractivity contribution in [2.45, 2.75) is 26.0 Å². The monoisotopic (exact) mass is 523 g/mol. The third kappa shape index (κ3) is 5.50. The average molecular weight is 524 g/mol. The molecule has 5 rings (SSSR count). The van der Waals surface area contributed by atoms with Crippen molar-refractivity contribution < 1.29 is 23.4 Å². The van der Waals surface area contributed by atoms with E-state index in [-0.39, 0.29) is 19.0 Å². The van der Waals surface area contributed by atoms with E-state index in [1.54, 1.807) is 19.1 Å². The highest BCUT2D eigenvalue weighted by Crippen LogP contribution is 2.39. The maximum absolute atomic E-state index is 15.5. The molecule has 0 aliphatic carbocycles. The first kappa shape index (κ1) is 26.0. The largest absolute Gasteiger partial charge is 0.486 e. The van der Waals surface area contributed by atoms with E-state index in [1.165, 1.54) is 0 Å². The van der Waals surface area contributed by atoms with Crippen LogP contribution in [0.1, 0.15) is 30.5 Å². The molecule has 5 aromatic rings. The van der Waals surface area contributed by atoms with Crippen LogP contribution >= 0.6 is 0 Å². The highest BCUT2D eigenvalue weighted by molar-refractivity contribution is 5.81. The normalized spacial score (nSPS) is 12.6. The van der Waals surface area contributed by atoms with Gasteiger partial charge in [0.2, 0.25) is 0 Å². The second-order valence-electron chi connectivity index (χ2n) is 9.35. The van der Waals surface area contributed by atoms with Crippen LogP contribution in [-0.4, -0.2) is 23.8 Å². The Hall–Kier alpha value is -4.58. The van der Waals surface area contributed by atoms with E-state index in [1.807, 2.05) is 79.0 Å². The Kier molecular flexibility index (Phi) is 7.64. The van der Waals surface area contributed by atoms with Gasteiger partial charge in [0, 0.05) is 11.7 Å². The second kappa shape index (κ2) is 11.4. The van der Waals surface area contributed by atoms with Crippen molar-refractivity contribution in [3.63, 3.8) is 0 Å². The summed E-state index contributed by atoms with van der Waals surface area (Å²) in [5, 5.41) is 1.08. The molecule has 39 heavy (non-hydrogen) atoms. The summed E-state index contributed by atoms with van der Waals surface area (Å²) in [4.78, 5) is 11.7. The van der Waals surface area contributed by atoms with Gasteiger partial charge in [-0.3, -0.25) is 0 Å². The van der Waals surface area contributed by atoms with E-state index in [9.17, 15) is 4.79 Å². The highest BCUT2D eigenvalue weighted by atomic mass is 19.1. The quantitative estimate of drug-likeness (QED) is 0.183. The standard InChI is InChI=1S/C33H30FNO4/c1-3-37-32(36)23-38-28-16-13-26(14-17-28)33(2,35-20-19-25-11-7-8-12-30(25)35)27-15-18-31(29(34)21-27)39-22-24-9-5-4-6-10-24/h4-21H,3,22-23H2,1-2H3. The van der Waals surface area contributed by atoms with Gasteiger partial charge in [-0.2, -0.15) is 0 Å². The number of benzene rings is 4. The van der Waals surface area contributed by atoms with Crippen molar-refractivity contribution >= 4 is 16.9 Å². The van der Waals surface area contributed by atoms with E-state index >= 15 is 4.39 Å². The molecule has 0 aliphatic heterocycles. The summed E-state index contributed by atoms with van der Waals surface area (Å²) in [5.74, 6) is -0.108. The summed E-state index contributed by atoms with van der Waals surface area (Å²) in [5.41, 5.74) is 2.90. The summed E-state index contributed by atoms with van der Waals surface area (Å²) in [6, 6.07) is 32.5. The summed E-state index contributed by atoms with van der Waals surface area (Å²) < 4.78 is 33.9. The molecule has 5 nitrogen and oxygen atoms in total. The van der Waals surface area contributed by atoms with Gasteiger partial charge in [0.05, 0.1) is 12.1 Å². The molecule has 0 amide bonds. The lowest BCUT2D eigenvalue weighted by atomic mass is 9.84. The molecule has 0 bridgehead atoms. The second-order valence-corrected chi connectivity index (χ2v) is 9.35. The van der Waals surface area contributed by atoms with Crippen LogP contribution in [0.5, 0.6) is 11.5 Å². The Morgan fingerprint density at radius 1 is 0.846 bits per heavy atom. The van der Waals surface area contributed by atoms with Gasteiger partial charge in [0.1, 0.15) is 12.4 Å². The number of nitrogens with zero attached hydrogens (tertiary/aromatic N) is 1. The van der Waals surface area contributed by atoms with Crippen LogP contribution in [0.2, 0.25) is 0 Å². The molecule has 0 N–H and O–H groups in total. The number of rotatable bonds is 10. The molecular formula is C33H30FNO4. The first-order valence-electron chi connectivity index (χ1n) is 12.9. The molecule has 0 radical (unpaired) electrons. The Morgan fingerprint density at radius 3 is 2.31 bits per heavy atom. The van der Waals surface area contributed by atoms with Gasteiger partial charge in [0.25, 0.3) is 0 Å². The lowest BCUT2D eigenvalue weighted by molar-refractivity contribution is -0.145. The van der Waals surface area contributed by atoms with Crippen molar-refractivity contribution in [3.8, 4) is 11.5 Å². The Balaban J connectivity index is 1.50. The third-order valence-corrected chi connectivity index (χ3v) is 6.89. The fourth-order valence-electron chi connectivity index (χ4n) is 4.79. The maximum atomic E-state index is 15.5. The number of aromatic nitrogens is 1. The van der Waals surface area contributed by atoms with Crippen LogP contribution in [0.15, 0.2) is 109 Å². The molecule has 1 aromatic heterocycles. The number of carbonyl (C=O) groups excluding carboxylic acids is 1. The zero-order valence-electron chi connectivity index (χ0n) is 22.0. The molecule has 0 saturated heterocycles. The zero-order chi connectivity index (χ0) is 27.2. The van der Waals surface area contributed by atoms with Gasteiger partial charge in [-0.05, 0) is 72.3 Å². The summed E-state index contributed by atoms with van der Waals surface area (Å²) in [6.07, 6.45) is 2.02. The van der Waals surface area contributed by atoms with Crippen LogP contribution in [0.25, 0.3) is 10.9 Å². The number of hydrogen-bond acceptors (Lipinski definition) is 4. The summed E-state index contributed by atoms with van der Waals surface area (Å²) in [6.45, 7) is 4.24. The van der Waals surface area contributed by atoms with Gasteiger partial charge in [-0.1, -0.05) is 66.7 Å². The van der Waals surface area contributed by atoms with Crippen molar-refractivity contribution in [2.24, 2.45) is 0 Å². The van der Waals surface area contributed by atoms with Crippen molar-refractivity contribution in [1.29, 1.82) is 0 Å². The minimum Gasteiger partial charge on any atom is -0.486 e. The number of fused-ring (bicyclic) bond motifs is 1. The molecular weight excluding hydrogens is 493 g/mol. The number of esters is 1. The minimum absolute atomic E-state index is 0.164. The predicted molar refractivity (Wildman–Crippen MR) is 150 cm³/mol. The SMILES string of the molecule is CCOC(=O)COc1ccc(C(C)(c2ccc(OCc3ccccc3)c(F)c2)n2ccc3ccccc32)cc1. The topological polar surface area (TPSA) is 49.7 Å². The number of para-hydroxylation sites is 1. The van der Waals surface area contributed by atoms with Crippen molar-refractivity contribution in [3.05, 3.63) is 132 Å². The van der Waals surface area contributed by atoms with Gasteiger partial charge in [-0.25, -0.2) is 9.18 Å². The molecule has 198 valence electrons. The summed E-state index contributed by atoms with van der Waals surface area (Å²) >= 11 is 0. The predicted octanol–water partition coefficient (Wildman–Crippen LogP) is 7.11. The van der Waals surface area contributed by atoms with Crippen LogP contribution in [0.3, 0.4) is 0 Å². The fourth-order valence-corrected chi connectivity index (χ4v) is 4.79. The van der Waals surface area contributed by atoms with Crippen LogP contribution < -0.4 is 9.47 Å². The molecule has 0 fully saturated rings. The lowest BCUT2D eigenvalue weighted by Gasteiger charge is -2.34. The van der Waals surface area contributed by atoms with Gasteiger partial charge in [-0.15, -0.1) is 0 Å². The number of carbonyl (C=O) groups is 1. The van der Waals surface area contributed by atoms with E-state index in [4.69, 9.17) is 14.2 Å². The molecule has 1 heterocycles. The molecule has 1 atom stereocenters. The fraction of sp³-hybridized carbons (Fsp3) is 0.182. The minimum atomic E-state index is -0.762. The van der Waals surface area contributed by atoms with E-state index in [0.717, 1.165) is 27.6 Å². The first-order chi connectivity index (χ1) is 19.0. The smallest absolute Gasteiger partial charge is 0.344 e. The van der Waals surface area contributed by atoms with E-state index in [0.29, 0.717) is 12.4 Å². The lowest BCUT2D eigenvalue weighted by Crippen LogP contribution is -2.32. The molecule has 0 aliphatic rings. The third-order valence-electron chi connectivity index (χ3n) is 6.89. The van der Waals surface area contributed by atoms with Crippen LogP contribution in [0, 0.1) is 5.82 Å². The van der Waals surface area contributed by atoms with Crippen LogP contribution in [0.4, 0.5) is 4.39 Å². The molecule has 4 aromatic carbocycles. The molecule has 1 unspecified atom stereocenters. The zero-order valence-corrected chi connectivity index (χ0v) is 22.0. The maximum Gasteiger partial charge on any atom is 0.344 e. The Labute approximate surface area is 227 Å². The molecule has 0 spiro atoms. The van der Waals surface area contributed by atoms with Crippen molar-refractivity contribution in [1.82, 2.24) is 4.57 Å². The number of halogens is 1. The van der Waals surface area contributed by atoms with E-state index < -0.39 is 17.3 Å². The Morgan fingerprint density at radius 2 is 1.56 bits per heavy atom. The molecule has 6 heteroatoms.